The van der Waals surface area contributed by atoms with Gasteiger partial charge in [-0.2, -0.15) is 0 Å². The molecule has 0 spiro atoms. The summed E-state index contributed by atoms with van der Waals surface area (Å²) in [5, 5.41) is 44.2. The Labute approximate surface area is 283 Å². The van der Waals surface area contributed by atoms with E-state index in [1.807, 2.05) is 6.92 Å². The highest BCUT2D eigenvalue weighted by Gasteiger charge is 2.53. The van der Waals surface area contributed by atoms with Crippen molar-refractivity contribution in [2.45, 2.75) is 172 Å². The second-order valence-corrected chi connectivity index (χ2v) is 12.9. The molecule has 11 atom stereocenters. The van der Waals surface area contributed by atoms with Gasteiger partial charge in [-0.15, -0.1) is 0 Å². The van der Waals surface area contributed by atoms with E-state index in [-0.39, 0.29) is 19.1 Å². The molecule has 4 rings (SSSR count). The van der Waals surface area contributed by atoms with Gasteiger partial charge >= 0.3 is 17.9 Å². The molecule has 0 aliphatic carbocycles. The topological polar surface area (TPSA) is 197 Å². The van der Waals surface area contributed by atoms with Crippen molar-refractivity contribution in [3.8, 4) is 0 Å². The summed E-state index contributed by atoms with van der Waals surface area (Å²) in [6, 6.07) is 0. The summed E-state index contributed by atoms with van der Waals surface area (Å²) < 4.78 is 39.6. The van der Waals surface area contributed by atoms with Crippen LogP contribution in [0.1, 0.15) is 104 Å². The third-order valence-corrected chi connectivity index (χ3v) is 8.76. The average Bonchev–Trinajstić information content (AvgIpc) is 3.03. The minimum Gasteiger partial charge on any atom is -0.463 e. The van der Waals surface area contributed by atoms with Gasteiger partial charge in [-0.25, -0.2) is 0 Å². The Morgan fingerprint density at radius 2 is 1.21 bits per heavy atom. The molecule has 4 aliphatic rings. The molecule has 0 unspecified atom stereocenters. The molecule has 48 heavy (non-hydrogen) atoms. The van der Waals surface area contributed by atoms with Gasteiger partial charge in [0, 0.05) is 20.3 Å². The van der Waals surface area contributed by atoms with Gasteiger partial charge < -0.3 is 53.6 Å². The maximum absolute atomic E-state index is 12.7. The zero-order chi connectivity index (χ0) is 35.1. The number of rotatable bonds is 4. The zero-order valence-corrected chi connectivity index (χ0v) is 28.5. The molecule has 4 aliphatic heterocycles. The Kier molecular flexibility index (Phi) is 17.7. The van der Waals surface area contributed by atoms with Gasteiger partial charge in [0.2, 0.25) is 0 Å². The molecule has 4 N–H and O–H groups in total. The largest absolute Gasteiger partial charge is 0.463 e. The number of hydrogen-bond acceptors (Lipinski definition) is 14. The van der Waals surface area contributed by atoms with Crippen molar-refractivity contribution in [1.29, 1.82) is 0 Å². The summed E-state index contributed by atoms with van der Waals surface area (Å²) in [5.74, 6) is -1.86. The van der Waals surface area contributed by atoms with Crippen molar-refractivity contribution >= 4 is 17.9 Å². The Morgan fingerprint density at radius 1 is 0.667 bits per heavy atom. The van der Waals surface area contributed by atoms with Crippen LogP contribution in [0.25, 0.3) is 0 Å². The molecule has 14 nitrogen and oxygen atoms in total. The van der Waals surface area contributed by atoms with E-state index in [1.54, 1.807) is 0 Å². The van der Waals surface area contributed by atoms with Gasteiger partial charge in [-0.3, -0.25) is 14.4 Å². The quantitative estimate of drug-likeness (QED) is 0.191. The fourth-order valence-electron chi connectivity index (χ4n) is 6.00. The van der Waals surface area contributed by atoms with Gasteiger partial charge in [0.1, 0.15) is 55.9 Å². The van der Waals surface area contributed by atoms with Crippen molar-refractivity contribution < 1.29 is 68.0 Å². The first-order chi connectivity index (χ1) is 23.0. The summed E-state index contributed by atoms with van der Waals surface area (Å²) in [7, 11) is 0. The van der Waals surface area contributed by atoms with E-state index in [0.29, 0.717) is 12.8 Å². The monoisotopic (exact) mass is 688 g/mol. The number of fused-ring (bicyclic) bond motifs is 19. The number of allylic oxidation sites excluding steroid dienone is 2. The molecule has 2 bridgehead atoms. The molecule has 0 aromatic rings. The molecule has 0 amide bonds. The second-order valence-electron chi connectivity index (χ2n) is 12.9. The van der Waals surface area contributed by atoms with Crippen LogP contribution in [0.4, 0.5) is 0 Å². The van der Waals surface area contributed by atoms with Crippen molar-refractivity contribution in [1.82, 2.24) is 0 Å². The predicted octanol–water partition coefficient (Wildman–Crippen LogP) is 2.35. The van der Waals surface area contributed by atoms with E-state index in [9.17, 15) is 34.8 Å². The number of hydrogen-bond donors (Lipinski definition) is 4. The van der Waals surface area contributed by atoms with E-state index in [4.69, 9.17) is 33.2 Å². The fourth-order valence-corrected chi connectivity index (χ4v) is 6.00. The van der Waals surface area contributed by atoms with Gasteiger partial charge in [0.15, 0.2) is 18.7 Å². The first-order valence-electron chi connectivity index (χ1n) is 17.4. The lowest BCUT2D eigenvalue weighted by Gasteiger charge is -2.47. The van der Waals surface area contributed by atoms with Crippen LogP contribution >= 0.6 is 0 Å². The Hall–Kier alpha value is -2.17. The highest BCUT2D eigenvalue weighted by Crippen LogP contribution is 2.32. The zero-order valence-electron chi connectivity index (χ0n) is 28.5. The number of ether oxygens (including phenoxy) is 7. The molecule has 14 heteroatoms. The number of carbonyl (C=O) groups is 3. The van der Waals surface area contributed by atoms with Crippen LogP contribution in [0.3, 0.4) is 0 Å². The highest BCUT2D eigenvalue weighted by molar-refractivity contribution is 5.69. The molecule has 2 fully saturated rings. The molecular weight excluding hydrogens is 632 g/mol. The summed E-state index contributed by atoms with van der Waals surface area (Å²) in [4.78, 5) is 35.8. The van der Waals surface area contributed by atoms with Crippen LogP contribution in [0.15, 0.2) is 12.2 Å². The van der Waals surface area contributed by atoms with Crippen molar-refractivity contribution in [3.05, 3.63) is 12.2 Å². The summed E-state index contributed by atoms with van der Waals surface area (Å²) >= 11 is 0. The molecule has 0 radical (unpaired) electrons. The Morgan fingerprint density at radius 3 is 1.85 bits per heavy atom. The second kappa shape index (κ2) is 21.1. The lowest BCUT2D eigenvalue weighted by atomic mass is 9.97. The van der Waals surface area contributed by atoms with Crippen LogP contribution in [0.2, 0.25) is 0 Å². The molecule has 276 valence electrons. The van der Waals surface area contributed by atoms with Crippen LogP contribution in [-0.2, 0) is 47.5 Å². The highest BCUT2D eigenvalue weighted by atomic mass is 16.8. The third kappa shape index (κ3) is 13.3. The van der Waals surface area contributed by atoms with Crippen molar-refractivity contribution in [3.63, 3.8) is 0 Å². The summed E-state index contributed by atoms with van der Waals surface area (Å²) in [5.41, 5.74) is 0. The minimum atomic E-state index is -1.79. The van der Waals surface area contributed by atoms with Gasteiger partial charge in [-0.05, 0) is 45.4 Å². The molecule has 0 saturated carbocycles. The van der Waals surface area contributed by atoms with E-state index < -0.39 is 85.9 Å². The van der Waals surface area contributed by atoms with E-state index in [1.165, 1.54) is 13.8 Å². The fraction of sp³-hybridized carbons (Fsp3) is 0.853. The maximum atomic E-state index is 12.7. The molecule has 2 saturated heterocycles. The third-order valence-electron chi connectivity index (χ3n) is 8.76. The number of esters is 3. The maximum Gasteiger partial charge on any atom is 0.306 e. The van der Waals surface area contributed by atoms with Gasteiger partial charge in [-0.1, -0.05) is 50.7 Å². The van der Waals surface area contributed by atoms with Gasteiger partial charge in [0.25, 0.3) is 0 Å². The first kappa shape index (κ1) is 40.3. The molecule has 0 aromatic heterocycles. The van der Waals surface area contributed by atoms with Gasteiger partial charge in [0.05, 0.1) is 6.10 Å². The normalized spacial score (nSPS) is 37.8. The molecular formula is C34H56O14. The van der Waals surface area contributed by atoms with Crippen LogP contribution in [-0.4, -0.2) is 119 Å². The SMILES string of the molecule is CC(=O)OC[C@@H]1O[C@H]2O[C@H]3[C@H](O[C@H](C)CCCCCC/C=C\CCCCCCCC(=O)O[C@H]1[C@H](O)[C@H]2O)O[C@H](COC(C)=O)[C@@H](O)[C@@H]3O. The van der Waals surface area contributed by atoms with Crippen molar-refractivity contribution in [2.75, 3.05) is 13.2 Å². The number of aliphatic hydroxyl groups is 4. The van der Waals surface area contributed by atoms with Crippen LogP contribution in [0, 0.1) is 0 Å². The smallest absolute Gasteiger partial charge is 0.306 e. The predicted molar refractivity (Wildman–Crippen MR) is 169 cm³/mol. The Balaban J connectivity index is 1.81. The standard InChI is InChI=1S/C34H56O14/c1-21-17-15-13-11-9-7-5-4-6-8-10-12-14-16-18-26(37)47-31-25(20-43-23(3)36)46-33(30(41)29(31)40)48-32-28(39)27(38)24(19-42-22(2)35)45-34(32)44-21/h4-5,21,24-25,27-34,38-41H,6-20H2,1-3H3/b5-4-/t21-,24-,25+,27-,28+,29-,30-,31-,32-,33+,34-/m1/s1. The number of aliphatic hydroxyl groups excluding tert-OH is 4. The van der Waals surface area contributed by atoms with E-state index in [0.717, 1.165) is 64.2 Å². The minimum absolute atomic E-state index is 0.0919. The summed E-state index contributed by atoms with van der Waals surface area (Å²) in [6.45, 7) is 3.42. The lowest BCUT2D eigenvalue weighted by molar-refractivity contribution is -0.371. The molecule has 0 aromatic carbocycles. The molecule has 4 heterocycles. The number of carbonyl (C=O) groups excluding carboxylic acids is 3. The Bertz CT molecular complexity index is 1010. The van der Waals surface area contributed by atoms with E-state index >= 15 is 0 Å². The van der Waals surface area contributed by atoms with Crippen LogP contribution in [0.5, 0.6) is 0 Å². The first-order valence-corrected chi connectivity index (χ1v) is 17.4. The van der Waals surface area contributed by atoms with E-state index in [2.05, 4.69) is 12.2 Å². The van der Waals surface area contributed by atoms with Crippen molar-refractivity contribution in [2.24, 2.45) is 0 Å². The van der Waals surface area contributed by atoms with Crippen LogP contribution < -0.4 is 0 Å². The summed E-state index contributed by atoms with van der Waals surface area (Å²) in [6.07, 6.45) is 0.483. The average molecular weight is 689 g/mol. The lowest BCUT2D eigenvalue weighted by Crippen LogP contribution is -2.65.